The fraction of sp³-hybridized carbons (Fsp3) is 0.429. The Morgan fingerprint density at radius 1 is 1.04 bits per heavy atom. The van der Waals surface area contributed by atoms with Gasteiger partial charge in [-0.2, -0.15) is 0 Å². The zero-order valence-corrected chi connectivity index (χ0v) is 14.6. The predicted octanol–water partition coefficient (Wildman–Crippen LogP) is 3.63. The van der Waals surface area contributed by atoms with Crippen LogP contribution in [-0.4, -0.2) is 30.7 Å². The van der Waals surface area contributed by atoms with Crippen LogP contribution in [0.5, 0.6) is 0 Å². The van der Waals surface area contributed by atoms with Crippen molar-refractivity contribution in [3.05, 3.63) is 71.8 Å². The molecule has 0 spiro atoms. The monoisotopic (exact) mass is 342 g/mol. The third kappa shape index (κ3) is 5.13. The van der Waals surface area contributed by atoms with E-state index in [-0.39, 0.29) is 12.7 Å². The van der Waals surface area contributed by atoms with Crippen molar-refractivity contribution in [3.8, 4) is 0 Å². The van der Waals surface area contributed by atoms with Crippen LogP contribution in [0.25, 0.3) is 0 Å². The maximum absolute atomic E-state index is 10.7. The fourth-order valence-electron chi connectivity index (χ4n) is 2.95. The van der Waals surface area contributed by atoms with Gasteiger partial charge in [-0.3, -0.25) is 0 Å². The summed E-state index contributed by atoms with van der Waals surface area (Å²) in [4.78, 5) is 0. The Kier molecular flexibility index (Phi) is 6.21. The van der Waals surface area contributed by atoms with E-state index in [1.54, 1.807) is 6.92 Å². The topological polar surface area (TPSA) is 47.9 Å². The zero-order chi connectivity index (χ0) is 17.5. The molecule has 1 N–H and O–H groups in total. The molecule has 0 aromatic heterocycles. The minimum absolute atomic E-state index is 0.125. The lowest BCUT2D eigenvalue weighted by molar-refractivity contribution is -0.245. The quantitative estimate of drug-likeness (QED) is 0.835. The largest absolute Gasteiger partial charge is 0.383 e. The Morgan fingerprint density at radius 2 is 1.72 bits per heavy atom. The second-order valence-corrected chi connectivity index (χ2v) is 6.67. The zero-order valence-electron chi connectivity index (χ0n) is 14.6. The normalized spacial score (nSPS) is 23.1. The summed E-state index contributed by atoms with van der Waals surface area (Å²) in [7, 11) is 0. The van der Waals surface area contributed by atoms with Gasteiger partial charge in [0, 0.05) is 6.61 Å². The van der Waals surface area contributed by atoms with E-state index in [4.69, 9.17) is 14.2 Å². The van der Waals surface area contributed by atoms with Crippen LogP contribution in [0.4, 0.5) is 0 Å². The van der Waals surface area contributed by atoms with E-state index in [0.717, 1.165) is 24.0 Å². The molecule has 0 radical (unpaired) electrons. The fourth-order valence-corrected chi connectivity index (χ4v) is 2.95. The summed E-state index contributed by atoms with van der Waals surface area (Å²) in [5.74, 6) is 0. The molecule has 0 amide bonds. The summed E-state index contributed by atoms with van der Waals surface area (Å²) >= 11 is 0. The molecule has 1 aliphatic rings. The molecule has 0 unspecified atom stereocenters. The van der Waals surface area contributed by atoms with Gasteiger partial charge in [-0.05, 0) is 30.9 Å². The highest BCUT2D eigenvalue weighted by Gasteiger charge is 2.31. The highest BCUT2D eigenvalue weighted by Crippen LogP contribution is 2.25. The van der Waals surface area contributed by atoms with Crippen molar-refractivity contribution in [1.29, 1.82) is 0 Å². The average molecular weight is 342 g/mol. The lowest BCUT2D eigenvalue weighted by Gasteiger charge is -2.34. The van der Waals surface area contributed by atoms with Crippen LogP contribution in [-0.2, 0) is 26.4 Å². The molecule has 0 aliphatic carbocycles. The molecule has 3 atom stereocenters. The van der Waals surface area contributed by atoms with Crippen LogP contribution in [0.15, 0.2) is 60.7 Å². The smallest absolute Gasteiger partial charge is 0.183 e. The van der Waals surface area contributed by atoms with Crippen molar-refractivity contribution in [2.24, 2.45) is 0 Å². The third-order valence-corrected chi connectivity index (χ3v) is 4.45. The Hall–Kier alpha value is -1.72. The number of hydrogen-bond acceptors (Lipinski definition) is 4. The van der Waals surface area contributed by atoms with Crippen LogP contribution < -0.4 is 0 Å². The van der Waals surface area contributed by atoms with E-state index in [1.165, 1.54) is 0 Å². The first-order valence-electron chi connectivity index (χ1n) is 8.82. The van der Waals surface area contributed by atoms with E-state index in [2.05, 4.69) is 0 Å². The summed E-state index contributed by atoms with van der Waals surface area (Å²) in [5, 5.41) is 10.7. The molecule has 134 valence electrons. The Bertz CT molecular complexity index is 627. The molecule has 0 bridgehead atoms. The number of rotatable bonds is 7. The molecule has 25 heavy (non-hydrogen) atoms. The molecule has 0 saturated carbocycles. The van der Waals surface area contributed by atoms with E-state index in [9.17, 15) is 5.11 Å². The highest BCUT2D eigenvalue weighted by molar-refractivity contribution is 5.21. The van der Waals surface area contributed by atoms with Gasteiger partial charge < -0.3 is 19.3 Å². The van der Waals surface area contributed by atoms with Crippen LogP contribution in [0, 0.1) is 0 Å². The molecule has 4 heteroatoms. The van der Waals surface area contributed by atoms with Crippen LogP contribution in [0.1, 0.15) is 30.9 Å². The summed E-state index contributed by atoms with van der Waals surface area (Å²) < 4.78 is 17.7. The van der Waals surface area contributed by atoms with Crippen molar-refractivity contribution < 1.29 is 19.3 Å². The van der Waals surface area contributed by atoms with Crippen LogP contribution in [0.2, 0.25) is 0 Å². The van der Waals surface area contributed by atoms with Gasteiger partial charge in [-0.1, -0.05) is 60.7 Å². The van der Waals surface area contributed by atoms with Crippen molar-refractivity contribution in [3.63, 3.8) is 0 Å². The van der Waals surface area contributed by atoms with E-state index >= 15 is 0 Å². The molecule has 1 saturated heterocycles. The third-order valence-electron chi connectivity index (χ3n) is 4.45. The van der Waals surface area contributed by atoms with Gasteiger partial charge in [0.25, 0.3) is 0 Å². The Labute approximate surface area is 149 Å². The molecule has 1 aliphatic heterocycles. The number of hydrogen-bond donors (Lipinski definition) is 1. The molecule has 4 nitrogen and oxygen atoms in total. The second-order valence-electron chi connectivity index (χ2n) is 6.67. The molecule has 1 fully saturated rings. The first-order chi connectivity index (χ1) is 12.1. The van der Waals surface area contributed by atoms with Crippen LogP contribution >= 0.6 is 0 Å². The molecule has 3 rings (SSSR count). The summed E-state index contributed by atoms with van der Waals surface area (Å²) in [6.45, 7) is 3.10. The van der Waals surface area contributed by atoms with Gasteiger partial charge in [-0.25, -0.2) is 0 Å². The standard InChI is InChI=1S/C21H26O4/c1-21(22,18-11-6-3-7-12-18)16-25-20-19(13-8-14-23-20)24-15-17-9-4-2-5-10-17/h2-7,9-12,19-20,22H,8,13-16H2,1H3/t19-,20+,21-/m0/s1. The summed E-state index contributed by atoms with van der Waals surface area (Å²) in [6, 6.07) is 19.6. The number of aliphatic hydroxyl groups is 1. The first-order valence-corrected chi connectivity index (χ1v) is 8.82. The first kappa shape index (κ1) is 18.1. The molecule has 2 aromatic carbocycles. The Balaban J connectivity index is 1.56. The molecular weight excluding hydrogens is 316 g/mol. The second kappa shape index (κ2) is 8.59. The van der Waals surface area contributed by atoms with Gasteiger partial charge in [0.2, 0.25) is 0 Å². The summed E-state index contributed by atoms with van der Waals surface area (Å²) in [5.41, 5.74) is 0.891. The van der Waals surface area contributed by atoms with Crippen LogP contribution in [0.3, 0.4) is 0 Å². The van der Waals surface area contributed by atoms with E-state index in [0.29, 0.717) is 13.2 Å². The molecule has 1 heterocycles. The minimum atomic E-state index is -1.06. The summed E-state index contributed by atoms with van der Waals surface area (Å²) in [6.07, 6.45) is 1.27. The Morgan fingerprint density at radius 3 is 2.44 bits per heavy atom. The average Bonchev–Trinajstić information content (AvgIpc) is 2.67. The molecule has 2 aromatic rings. The maximum Gasteiger partial charge on any atom is 0.183 e. The number of ether oxygens (including phenoxy) is 3. The van der Waals surface area contributed by atoms with E-state index in [1.807, 2.05) is 60.7 Å². The van der Waals surface area contributed by atoms with Gasteiger partial charge >= 0.3 is 0 Å². The van der Waals surface area contributed by atoms with E-state index < -0.39 is 11.9 Å². The van der Waals surface area contributed by atoms with Gasteiger partial charge in [0.05, 0.1) is 13.2 Å². The lowest BCUT2D eigenvalue weighted by Crippen LogP contribution is -2.41. The molecular formula is C21H26O4. The highest BCUT2D eigenvalue weighted by atomic mass is 16.7. The maximum atomic E-state index is 10.7. The number of benzene rings is 2. The predicted molar refractivity (Wildman–Crippen MR) is 96.0 cm³/mol. The van der Waals surface area contributed by atoms with Crippen molar-refractivity contribution in [1.82, 2.24) is 0 Å². The van der Waals surface area contributed by atoms with Crippen molar-refractivity contribution >= 4 is 0 Å². The van der Waals surface area contributed by atoms with Gasteiger partial charge in [0.15, 0.2) is 6.29 Å². The van der Waals surface area contributed by atoms with Gasteiger partial charge in [-0.15, -0.1) is 0 Å². The van der Waals surface area contributed by atoms with Crippen molar-refractivity contribution in [2.75, 3.05) is 13.2 Å². The van der Waals surface area contributed by atoms with Gasteiger partial charge in [0.1, 0.15) is 11.7 Å². The SMILES string of the molecule is C[C@](O)(CO[C@H]1OCCC[C@@H]1OCc1ccccc1)c1ccccc1. The minimum Gasteiger partial charge on any atom is -0.383 e. The van der Waals surface area contributed by atoms with Crippen molar-refractivity contribution in [2.45, 2.75) is 44.4 Å². The lowest BCUT2D eigenvalue weighted by atomic mass is 9.97.